The second-order valence-electron chi connectivity index (χ2n) is 15.1. The lowest BCUT2D eigenvalue weighted by Crippen LogP contribution is -2.53. The van der Waals surface area contributed by atoms with Crippen molar-refractivity contribution in [3.8, 4) is 5.75 Å². The number of amides is 9. The second kappa shape index (κ2) is 28.6. The quantitative estimate of drug-likeness (QED) is 0.0216. The average molecular weight is 921 g/mol. The zero-order chi connectivity index (χ0) is 48.4. The molecule has 0 fully saturated rings. The van der Waals surface area contributed by atoms with Gasteiger partial charge in [0, 0.05) is 61.4 Å². The Labute approximate surface area is 381 Å². The Bertz CT molecular complexity index is 2200. The van der Waals surface area contributed by atoms with E-state index in [4.69, 9.17) is 24.4 Å². The first-order valence-electron chi connectivity index (χ1n) is 21.4. The average Bonchev–Trinajstić information content (AvgIpc) is 3.27. The number of carbonyl (C=O) groups is 8. The molecule has 8 N–H and O–H groups in total. The minimum Gasteiger partial charge on any atom is -0.476 e. The van der Waals surface area contributed by atoms with Crippen LogP contribution in [0.1, 0.15) is 63.7 Å². The third kappa shape index (κ3) is 18.5. The molecule has 358 valence electrons. The van der Waals surface area contributed by atoms with Crippen molar-refractivity contribution in [3.63, 3.8) is 0 Å². The van der Waals surface area contributed by atoms with E-state index in [-0.39, 0.29) is 95.0 Å². The molecule has 1 aromatic heterocycles. The summed E-state index contributed by atoms with van der Waals surface area (Å²) in [6.45, 7) is 8.28. The number of benzene rings is 2. The van der Waals surface area contributed by atoms with Gasteiger partial charge in [0.1, 0.15) is 23.4 Å². The van der Waals surface area contributed by atoms with E-state index in [0.29, 0.717) is 41.4 Å². The maximum absolute atomic E-state index is 13.7. The highest BCUT2D eigenvalue weighted by atomic mass is 16.5. The van der Waals surface area contributed by atoms with Gasteiger partial charge in [0.25, 0.3) is 11.8 Å². The van der Waals surface area contributed by atoms with E-state index in [2.05, 4.69) is 31.9 Å². The first-order valence-corrected chi connectivity index (χ1v) is 21.4. The van der Waals surface area contributed by atoms with Crippen LogP contribution in [0.3, 0.4) is 0 Å². The molecule has 3 rings (SSSR count). The summed E-state index contributed by atoms with van der Waals surface area (Å²) in [5.41, 5.74) is 6.28. The van der Waals surface area contributed by atoms with Crippen LogP contribution in [0.5, 0.6) is 5.75 Å². The van der Waals surface area contributed by atoms with Crippen LogP contribution >= 0.6 is 0 Å². The van der Waals surface area contributed by atoms with E-state index in [1.54, 1.807) is 64.1 Å². The third-order valence-corrected chi connectivity index (χ3v) is 9.70. The van der Waals surface area contributed by atoms with Gasteiger partial charge in [-0.2, -0.15) is 0 Å². The van der Waals surface area contributed by atoms with Gasteiger partial charge in [0.05, 0.1) is 26.4 Å². The van der Waals surface area contributed by atoms with Gasteiger partial charge in [-0.1, -0.05) is 32.1 Å². The summed E-state index contributed by atoms with van der Waals surface area (Å²) >= 11 is 0. The molecule has 3 aromatic rings. The zero-order valence-corrected chi connectivity index (χ0v) is 37.6. The lowest BCUT2D eigenvalue weighted by molar-refractivity contribution is -0.135. The standard InChI is InChI=1S/C45H60N8O13/c1-5-8-38(57)53(28-55)20-7-10-37(56)47-18-21-63-23-24-64-22-19-48-44(61)41(65-33-15-16-34-30(4)25-39(58)66-36(34)26-33)31-11-13-32(14-12-31)51-42(59)35(9-6-17-49-45(46)62)52-43(60)40(29(2)3)50-27-54/h5,8,11-16,25-29,35,40-41H,6-7,9-10,17-24H2,1-4H3,(H,47,56)(H,48,61)(H,50,54)(H,51,59)(H,52,60)(H3,46,49,62)/b8-5-. The lowest BCUT2D eigenvalue weighted by atomic mass is 10.0. The van der Waals surface area contributed by atoms with Crippen LogP contribution in [0.15, 0.2) is 69.9 Å². The largest absolute Gasteiger partial charge is 0.476 e. The van der Waals surface area contributed by atoms with Crippen molar-refractivity contribution in [1.82, 2.24) is 31.5 Å². The fourth-order valence-electron chi connectivity index (χ4n) is 6.33. The smallest absolute Gasteiger partial charge is 0.336 e. The first-order chi connectivity index (χ1) is 31.7. The van der Waals surface area contributed by atoms with Crippen molar-refractivity contribution in [2.24, 2.45) is 11.7 Å². The Kier molecular flexibility index (Phi) is 23.1. The van der Waals surface area contributed by atoms with Crippen molar-refractivity contribution in [2.75, 3.05) is 57.9 Å². The van der Waals surface area contributed by atoms with E-state index < -0.39 is 53.5 Å². The van der Waals surface area contributed by atoms with Crippen LogP contribution in [0.4, 0.5) is 10.5 Å². The number of nitrogens with zero attached hydrogens (tertiary/aromatic N) is 1. The Balaban J connectivity index is 1.60. The van der Waals surface area contributed by atoms with Crippen LogP contribution in [-0.2, 0) is 43.0 Å². The highest BCUT2D eigenvalue weighted by Gasteiger charge is 2.28. The van der Waals surface area contributed by atoms with Gasteiger partial charge in [-0.3, -0.25) is 38.5 Å². The molecule has 0 aliphatic carbocycles. The molecule has 3 atom stereocenters. The van der Waals surface area contributed by atoms with Gasteiger partial charge in [0.15, 0.2) is 0 Å². The number of fused-ring (bicyclic) bond motifs is 1. The molecule has 2 aromatic carbocycles. The van der Waals surface area contributed by atoms with Crippen molar-refractivity contribution >= 4 is 65.0 Å². The van der Waals surface area contributed by atoms with Crippen molar-refractivity contribution in [1.29, 1.82) is 0 Å². The van der Waals surface area contributed by atoms with Crippen LogP contribution in [0.25, 0.3) is 11.0 Å². The van der Waals surface area contributed by atoms with Crippen LogP contribution in [-0.4, -0.2) is 118 Å². The second-order valence-corrected chi connectivity index (χ2v) is 15.1. The van der Waals surface area contributed by atoms with E-state index in [1.165, 1.54) is 24.3 Å². The number of nitrogens with two attached hydrogens (primary N) is 1. The summed E-state index contributed by atoms with van der Waals surface area (Å²) in [4.78, 5) is 111. The summed E-state index contributed by atoms with van der Waals surface area (Å²) in [7, 11) is 0. The monoisotopic (exact) mass is 920 g/mol. The van der Waals surface area contributed by atoms with E-state index in [1.807, 2.05) is 0 Å². The predicted molar refractivity (Wildman–Crippen MR) is 242 cm³/mol. The Hall–Kier alpha value is -7.13. The molecular formula is C45H60N8O13. The number of imide groups is 1. The summed E-state index contributed by atoms with van der Waals surface area (Å²) < 4.78 is 22.7. The van der Waals surface area contributed by atoms with Crippen molar-refractivity contribution < 1.29 is 57.0 Å². The Morgan fingerprint density at radius 1 is 0.833 bits per heavy atom. The number of urea groups is 1. The number of primary amides is 1. The highest BCUT2D eigenvalue weighted by molar-refractivity contribution is 5.98. The lowest BCUT2D eigenvalue weighted by Gasteiger charge is -2.24. The number of carbonyl (C=O) groups excluding carboxylic acids is 8. The SMILES string of the molecule is C/C=C\C(=O)N(C=O)CCCC(=O)NCCOCCOCCNC(=O)C(Oc1ccc2c(C)cc(=O)oc2c1)c1ccc(NC(=O)C(CCCNC(N)=O)NC(=O)C(NC=O)C(C)C)cc1. The first kappa shape index (κ1) is 53.2. The topological polar surface area (TPSA) is 296 Å². The number of anilines is 1. The summed E-state index contributed by atoms with van der Waals surface area (Å²) in [6, 6.07) is 9.76. The summed E-state index contributed by atoms with van der Waals surface area (Å²) in [6.07, 6.45) is 3.26. The molecule has 0 aliphatic heterocycles. The molecule has 0 aliphatic rings. The van der Waals surface area contributed by atoms with Crippen molar-refractivity contribution in [3.05, 3.63) is 82.2 Å². The predicted octanol–water partition coefficient (Wildman–Crippen LogP) is 1.47. The molecule has 0 radical (unpaired) electrons. The summed E-state index contributed by atoms with van der Waals surface area (Å²) in [5, 5.41) is 16.5. The minimum atomic E-state index is -1.23. The van der Waals surface area contributed by atoms with Gasteiger partial charge >= 0.3 is 11.7 Å². The van der Waals surface area contributed by atoms with E-state index in [9.17, 15) is 43.2 Å². The number of hydrogen-bond acceptors (Lipinski definition) is 13. The minimum absolute atomic E-state index is 0.0959. The fraction of sp³-hybridized carbons (Fsp3) is 0.444. The number of ether oxygens (including phenoxy) is 3. The molecule has 21 heteroatoms. The molecule has 0 bridgehead atoms. The van der Waals surface area contributed by atoms with Crippen LogP contribution in [0.2, 0.25) is 0 Å². The number of aryl methyl sites for hydroxylation is 1. The molecule has 0 saturated heterocycles. The molecule has 1 heterocycles. The van der Waals surface area contributed by atoms with Crippen LogP contribution in [0, 0.1) is 12.8 Å². The van der Waals surface area contributed by atoms with Gasteiger partial charge in [-0.25, -0.2) is 9.59 Å². The molecule has 21 nitrogen and oxygen atoms in total. The maximum atomic E-state index is 13.7. The molecule has 3 unspecified atom stereocenters. The fourth-order valence-corrected chi connectivity index (χ4v) is 6.33. The van der Waals surface area contributed by atoms with Gasteiger partial charge in [0.2, 0.25) is 36.6 Å². The van der Waals surface area contributed by atoms with Crippen molar-refractivity contribution in [2.45, 2.75) is 71.6 Å². The van der Waals surface area contributed by atoms with Crippen LogP contribution < -0.4 is 48.0 Å². The summed E-state index contributed by atoms with van der Waals surface area (Å²) in [5.74, 6) is -2.43. The Morgan fingerprint density at radius 2 is 1.53 bits per heavy atom. The third-order valence-electron chi connectivity index (χ3n) is 9.70. The molecule has 0 spiro atoms. The Morgan fingerprint density at radius 3 is 2.17 bits per heavy atom. The zero-order valence-electron chi connectivity index (χ0n) is 37.6. The van der Waals surface area contributed by atoms with E-state index in [0.717, 1.165) is 4.90 Å². The van der Waals surface area contributed by atoms with E-state index >= 15 is 0 Å². The molecule has 66 heavy (non-hydrogen) atoms. The highest BCUT2D eigenvalue weighted by Crippen LogP contribution is 2.28. The van der Waals surface area contributed by atoms with Gasteiger partial charge < -0.3 is 56.3 Å². The number of allylic oxidation sites excluding steroid dienone is 1. The van der Waals surface area contributed by atoms with Gasteiger partial charge in [-0.15, -0.1) is 0 Å². The molecular weight excluding hydrogens is 861 g/mol. The van der Waals surface area contributed by atoms with Gasteiger partial charge in [-0.05, 0) is 74.9 Å². The maximum Gasteiger partial charge on any atom is 0.336 e. The number of nitrogens with one attached hydrogen (secondary N) is 6. The molecule has 9 amide bonds. The normalized spacial score (nSPS) is 12.4. The number of hydrogen-bond donors (Lipinski definition) is 7. The molecule has 0 saturated carbocycles. The number of rotatable bonds is 30.